The number of carbonyl (C=O) groups excluding carboxylic acids is 1. The Hall–Kier alpha value is -2.59. The van der Waals surface area contributed by atoms with Crippen molar-refractivity contribution in [3.05, 3.63) is 70.4 Å². The van der Waals surface area contributed by atoms with Crippen LogP contribution in [-0.4, -0.2) is 29.7 Å². The maximum Gasteiger partial charge on any atom is 0.280 e. The molecule has 0 aromatic heterocycles. The van der Waals surface area contributed by atoms with Gasteiger partial charge >= 0.3 is 0 Å². The van der Waals surface area contributed by atoms with E-state index in [1.165, 1.54) is 10.7 Å². The Balaban J connectivity index is 2.39. The fourth-order valence-electron chi connectivity index (χ4n) is 3.13. The number of halogens is 1. The summed E-state index contributed by atoms with van der Waals surface area (Å²) in [6.07, 6.45) is 7.16. The van der Waals surface area contributed by atoms with Gasteiger partial charge in [0.2, 0.25) is 0 Å². The van der Waals surface area contributed by atoms with Crippen LogP contribution in [0.15, 0.2) is 64.4 Å². The van der Waals surface area contributed by atoms with E-state index < -0.39 is 0 Å². The van der Waals surface area contributed by atoms with Crippen molar-refractivity contribution in [1.82, 2.24) is 5.01 Å². The van der Waals surface area contributed by atoms with Gasteiger partial charge in [-0.25, -0.2) is 0 Å². The maximum atomic E-state index is 13.0. The number of carbonyl (C=O) groups is 1. The molecule has 1 amide bonds. The van der Waals surface area contributed by atoms with E-state index in [0.717, 1.165) is 24.2 Å². The molecule has 28 heavy (non-hydrogen) atoms. The zero-order chi connectivity index (χ0) is 20.8. The molecule has 1 aliphatic heterocycles. The Morgan fingerprint density at radius 2 is 1.96 bits per heavy atom. The molecule has 0 atom stereocenters. The highest BCUT2D eigenvalue weighted by Crippen LogP contribution is 2.26. The minimum absolute atomic E-state index is 0.174. The van der Waals surface area contributed by atoms with Gasteiger partial charge in [0.25, 0.3) is 5.91 Å². The first kappa shape index (κ1) is 21.7. The molecule has 1 aromatic rings. The smallest absolute Gasteiger partial charge is 0.280 e. The van der Waals surface area contributed by atoms with E-state index in [1.807, 2.05) is 26.0 Å². The van der Waals surface area contributed by atoms with Crippen LogP contribution in [0.3, 0.4) is 0 Å². The van der Waals surface area contributed by atoms with Gasteiger partial charge in [-0.1, -0.05) is 30.3 Å². The Morgan fingerprint density at radius 3 is 2.50 bits per heavy atom. The Bertz CT molecular complexity index is 889. The summed E-state index contributed by atoms with van der Waals surface area (Å²) in [5.74, 6) is -0.174. The molecular weight excluding hydrogens is 370 g/mol. The third-order valence-corrected chi connectivity index (χ3v) is 4.74. The van der Waals surface area contributed by atoms with Crippen molar-refractivity contribution in [2.75, 3.05) is 18.0 Å². The lowest BCUT2D eigenvalue weighted by atomic mass is 10.0. The van der Waals surface area contributed by atoms with E-state index in [1.54, 1.807) is 12.2 Å². The van der Waals surface area contributed by atoms with Crippen molar-refractivity contribution in [3.63, 3.8) is 0 Å². The van der Waals surface area contributed by atoms with E-state index in [-0.39, 0.29) is 5.91 Å². The summed E-state index contributed by atoms with van der Waals surface area (Å²) in [5.41, 5.74) is 5.16. The van der Waals surface area contributed by atoms with Gasteiger partial charge in [-0.15, -0.1) is 0 Å². The third-order valence-electron chi connectivity index (χ3n) is 4.63. The van der Waals surface area contributed by atoms with E-state index in [2.05, 4.69) is 55.6 Å². The van der Waals surface area contributed by atoms with Crippen LogP contribution in [-0.2, 0) is 4.79 Å². The summed E-state index contributed by atoms with van der Waals surface area (Å²) in [7, 11) is 0. The summed E-state index contributed by atoms with van der Waals surface area (Å²) in [4.78, 5) is 15.3. The summed E-state index contributed by atoms with van der Waals surface area (Å²) in [6, 6.07) is 6.31. The molecule has 0 bridgehead atoms. The quantitative estimate of drug-likeness (QED) is 0.440. The second-order valence-corrected chi connectivity index (χ2v) is 7.08. The topological polar surface area (TPSA) is 35.9 Å². The molecule has 5 heteroatoms. The van der Waals surface area contributed by atoms with Crippen LogP contribution < -0.4 is 4.90 Å². The van der Waals surface area contributed by atoms with E-state index in [4.69, 9.17) is 11.6 Å². The minimum atomic E-state index is -0.174. The number of nitrogens with zero attached hydrogens (tertiary/aromatic N) is 3. The summed E-state index contributed by atoms with van der Waals surface area (Å²) in [6.45, 7) is 15.7. The number of benzene rings is 1. The number of allylic oxidation sites excluding steroid dienone is 4. The highest BCUT2D eigenvalue weighted by Gasteiger charge is 2.29. The molecule has 148 valence electrons. The molecule has 0 aliphatic carbocycles. The Labute approximate surface area is 173 Å². The van der Waals surface area contributed by atoms with Crippen LogP contribution in [0.5, 0.6) is 0 Å². The SMILES string of the molecule is C=C(Cl)/C=C(\C=C/C)N1N=C(C)/C(=C\c2ccc(N(CC)CC)cc2C)C1=O. The molecule has 1 aromatic carbocycles. The van der Waals surface area contributed by atoms with Gasteiger partial charge in [0.1, 0.15) is 0 Å². The van der Waals surface area contributed by atoms with Crippen molar-refractivity contribution in [1.29, 1.82) is 0 Å². The zero-order valence-electron chi connectivity index (χ0n) is 17.3. The van der Waals surface area contributed by atoms with Gasteiger partial charge in [0, 0.05) is 23.8 Å². The number of hydrogen-bond donors (Lipinski definition) is 0. The lowest BCUT2D eigenvalue weighted by molar-refractivity contribution is -0.123. The van der Waals surface area contributed by atoms with Crippen molar-refractivity contribution in [2.24, 2.45) is 5.10 Å². The monoisotopic (exact) mass is 397 g/mol. The predicted octanol–water partition coefficient (Wildman–Crippen LogP) is 5.66. The molecule has 0 radical (unpaired) electrons. The van der Waals surface area contributed by atoms with Crippen molar-refractivity contribution in [2.45, 2.75) is 34.6 Å². The van der Waals surface area contributed by atoms with Crippen LogP contribution >= 0.6 is 11.6 Å². The average molecular weight is 398 g/mol. The number of amides is 1. The van der Waals surface area contributed by atoms with Crippen LogP contribution in [0, 0.1) is 6.92 Å². The molecule has 0 unspecified atom stereocenters. The van der Waals surface area contributed by atoms with Gasteiger partial charge in [-0.3, -0.25) is 4.79 Å². The fourth-order valence-corrected chi connectivity index (χ4v) is 3.24. The van der Waals surface area contributed by atoms with Gasteiger partial charge in [-0.2, -0.15) is 10.1 Å². The second kappa shape index (κ2) is 9.56. The van der Waals surface area contributed by atoms with Gasteiger partial charge in [0.05, 0.1) is 17.0 Å². The van der Waals surface area contributed by atoms with E-state index in [9.17, 15) is 4.79 Å². The van der Waals surface area contributed by atoms with Crippen molar-refractivity contribution >= 4 is 35.0 Å². The number of aryl methyl sites for hydroxylation is 1. The minimum Gasteiger partial charge on any atom is -0.372 e. The first-order chi connectivity index (χ1) is 13.3. The number of hydrazone groups is 1. The summed E-state index contributed by atoms with van der Waals surface area (Å²) < 4.78 is 0. The number of rotatable bonds is 7. The Kier molecular flexibility index (Phi) is 7.41. The molecule has 1 heterocycles. The molecule has 1 aliphatic rings. The maximum absolute atomic E-state index is 13.0. The molecule has 0 saturated carbocycles. The van der Waals surface area contributed by atoms with E-state index in [0.29, 0.717) is 22.0 Å². The van der Waals surface area contributed by atoms with Crippen LogP contribution in [0.25, 0.3) is 6.08 Å². The predicted molar refractivity (Wildman–Crippen MR) is 121 cm³/mol. The zero-order valence-corrected chi connectivity index (χ0v) is 18.0. The van der Waals surface area contributed by atoms with Crippen LogP contribution in [0.1, 0.15) is 38.8 Å². The highest BCUT2D eigenvalue weighted by molar-refractivity contribution is 6.31. The summed E-state index contributed by atoms with van der Waals surface area (Å²) in [5, 5.41) is 6.14. The first-order valence-corrected chi connectivity index (χ1v) is 9.86. The summed E-state index contributed by atoms with van der Waals surface area (Å²) >= 11 is 5.91. The number of anilines is 1. The van der Waals surface area contributed by atoms with Crippen LogP contribution in [0.2, 0.25) is 0 Å². The third kappa shape index (κ3) is 4.82. The molecular formula is C23H28ClN3O. The van der Waals surface area contributed by atoms with E-state index >= 15 is 0 Å². The standard InChI is InChI=1S/C23H28ClN3O/c1-7-10-21(14-17(5)24)27-23(28)22(18(6)25-27)15-19-11-12-20(13-16(19)4)26(8-2)9-3/h7,10-15H,5,8-9H2,1-4,6H3/b10-7-,21-14+,22-15+. The van der Waals surface area contributed by atoms with Gasteiger partial charge < -0.3 is 4.90 Å². The van der Waals surface area contributed by atoms with Gasteiger partial charge in [-0.05, 0) is 76.1 Å². The molecule has 0 N–H and O–H groups in total. The Morgan fingerprint density at radius 1 is 1.29 bits per heavy atom. The van der Waals surface area contributed by atoms with Gasteiger partial charge in [0.15, 0.2) is 0 Å². The lowest BCUT2D eigenvalue weighted by Crippen LogP contribution is -2.22. The highest BCUT2D eigenvalue weighted by atomic mass is 35.5. The molecule has 2 rings (SSSR count). The molecule has 4 nitrogen and oxygen atoms in total. The lowest BCUT2D eigenvalue weighted by Gasteiger charge is -2.22. The largest absolute Gasteiger partial charge is 0.372 e. The van der Waals surface area contributed by atoms with Crippen molar-refractivity contribution in [3.8, 4) is 0 Å². The molecule has 0 saturated heterocycles. The molecule has 0 fully saturated rings. The number of hydrogen-bond acceptors (Lipinski definition) is 3. The molecule has 0 spiro atoms. The fraction of sp³-hybridized carbons (Fsp3) is 0.304. The first-order valence-electron chi connectivity index (χ1n) is 9.48. The van der Waals surface area contributed by atoms with Crippen LogP contribution in [0.4, 0.5) is 5.69 Å². The second-order valence-electron chi connectivity index (χ2n) is 6.59. The average Bonchev–Trinajstić information content (AvgIpc) is 2.92. The normalized spacial score (nSPS) is 16.3. The van der Waals surface area contributed by atoms with Crippen molar-refractivity contribution < 1.29 is 4.79 Å².